The van der Waals surface area contributed by atoms with Crippen LogP contribution in [0.5, 0.6) is 0 Å². The largest absolute Gasteiger partial charge is 0.330 e. The van der Waals surface area contributed by atoms with E-state index in [4.69, 9.17) is 5.73 Å². The molecule has 0 saturated heterocycles. The lowest BCUT2D eigenvalue weighted by atomic mass is 9.87. The van der Waals surface area contributed by atoms with Crippen molar-refractivity contribution < 1.29 is 8.78 Å². The molecule has 0 saturated carbocycles. The van der Waals surface area contributed by atoms with Gasteiger partial charge in [0, 0.05) is 11.5 Å². The van der Waals surface area contributed by atoms with Gasteiger partial charge in [0.2, 0.25) is 0 Å². The molecule has 2 unspecified atom stereocenters. The topological polar surface area (TPSA) is 26.0 Å². The number of benzene rings is 1. The SMILES string of the molecule is Cc1ccc(F)c(C(F)C(CN)C(C)C)c1. The molecule has 2 atom stereocenters. The molecular weight excluding hydrogens is 208 g/mol. The summed E-state index contributed by atoms with van der Waals surface area (Å²) >= 11 is 0. The van der Waals surface area contributed by atoms with Crippen LogP contribution >= 0.6 is 0 Å². The quantitative estimate of drug-likeness (QED) is 0.838. The first-order valence-electron chi connectivity index (χ1n) is 5.57. The minimum absolute atomic E-state index is 0.0971. The van der Waals surface area contributed by atoms with Crippen LogP contribution in [0.4, 0.5) is 8.78 Å². The van der Waals surface area contributed by atoms with Gasteiger partial charge in [-0.25, -0.2) is 8.78 Å². The molecule has 16 heavy (non-hydrogen) atoms. The second-order valence-electron chi connectivity index (χ2n) is 4.57. The number of nitrogens with two attached hydrogens (primary N) is 1. The van der Waals surface area contributed by atoms with Crippen molar-refractivity contribution in [3.05, 3.63) is 35.1 Å². The molecule has 0 aliphatic rings. The maximum Gasteiger partial charge on any atom is 0.132 e. The summed E-state index contributed by atoms with van der Waals surface area (Å²) in [5, 5.41) is 0. The maximum atomic E-state index is 14.2. The molecule has 1 aromatic carbocycles. The third-order valence-electron chi connectivity index (χ3n) is 2.95. The van der Waals surface area contributed by atoms with Crippen molar-refractivity contribution >= 4 is 0 Å². The molecule has 1 nitrogen and oxygen atoms in total. The van der Waals surface area contributed by atoms with Gasteiger partial charge in [0.15, 0.2) is 0 Å². The lowest BCUT2D eigenvalue weighted by Crippen LogP contribution is -2.25. The predicted octanol–water partition coefficient (Wildman–Crippen LogP) is 3.38. The lowest BCUT2D eigenvalue weighted by molar-refractivity contribution is 0.184. The summed E-state index contributed by atoms with van der Waals surface area (Å²) in [5.74, 6) is -0.728. The van der Waals surface area contributed by atoms with Crippen LogP contribution in [-0.4, -0.2) is 6.54 Å². The smallest absolute Gasteiger partial charge is 0.132 e. The molecule has 0 aliphatic carbocycles. The van der Waals surface area contributed by atoms with E-state index in [2.05, 4.69) is 0 Å². The van der Waals surface area contributed by atoms with Crippen molar-refractivity contribution in [1.82, 2.24) is 0 Å². The summed E-state index contributed by atoms with van der Waals surface area (Å²) in [4.78, 5) is 0. The molecule has 90 valence electrons. The fraction of sp³-hybridized carbons (Fsp3) is 0.538. The van der Waals surface area contributed by atoms with E-state index in [1.165, 1.54) is 6.07 Å². The zero-order valence-electron chi connectivity index (χ0n) is 10.0. The van der Waals surface area contributed by atoms with Crippen LogP contribution in [0.2, 0.25) is 0 Å². The Balaban J connectivity index is 3.02. The Kier molecular flexibility index (Phi) is 4.42. The number of hydrogen-bond donors (Lipinski definition) is 1. The maximum absolute atomic E-state index is 14.2. The minimum Gasteiger partial charge on any atom is -0.330 e. The Labute approximate surface area is 95.7 Å². The van der Waals surface area contributed by atoms with Crippen LogP contribution in [0.25, 0.3) is 0 Å². The zero-order chi connectivity index (χ0) is 12.3. The van der Waals surface area contributed by atoms with Crippen molar-refractivity contribution in [3.63, 3.8) is 0 Å². The molecule has 1 aromatic rings. The molecule has 3 heteroatoms. The van der Waals surface area contributed by atoms with Gasteiger partial charge in [0.05, 0.1) is 0 Å². The average molecular weight is 227 g/mol. The van der Waals surface area contributed by atoms with Crippen LogP contribution in [0.3, 0.4) is 0 Å². The third-order valence-corrected chi connectivity index (χ3v) is 2.95. The summed E-state index contributed by atoms with van der Waals surface area (Å²) in [6.45, 7) is 5.85. The highest BCUT2D eigenvalue weighted by molar-refractivity contribution is 5.26. The third kappa shape index (κ3) is 2.79. The number of aryl methyl sites for hydroxylation is 1. The summed E-state index contributed by atoms with van der Waals surface area (Å²) in [7, 11) is 0. The van der Waals surface area contributed by atoms with Crippen molar-refractivity contribution in [1.29, 1.82) is 0 Å². The van der Waals surface area contributed by atoms with E-state index >= 15 is 0 Å². The zero-order valence-corrected chi connectivity index (χ0v) is 10.0. The van der Waals surface area contributed by atoms with E-state index in [0.717, 1.165) is 5.56 Å². The van der Waals surface area contributed by atoms with Crippen LogP contribution < -0.4 is 5.73 Å². The normalized spacial score (nSPS) is 15.2. The average Bonchev–Trinajstić information content (AvgIpc) is 2.22. The first-order valence-corrected chi connectivity index (χ1v) is 5.57. The molecule has 0 radical (unpaired) electrons. The molecule has 0 spiro atoms. The summed E-state index contributed by atoms with van der Waals surface area (Å²) in [5.41, 5.74) is 6.53. The Morgan fingerprint density at radius 2 is 1.94 bits per heavy atom. The number of alkyl halides is 1. The fourth-order valence-corrected chi connectivity index (χ4v) is 1.83. The van der Waals surface area contributed by atoms with Crippen molar-refractivity contribution in [2.45, 2.75) is 26.9 Å². The van der Waals surface area contributed by atoms with Gasteiger partial charge >= 0.3 is 0 Å². The minimum atomic E-state index is -1.33. The summed E-state index contributed by atoms with van der Waals surface area (Å²) in [6, 6.07) is 4.51. The highest BCUT2D eigenvalue weighted by Gasteiger charge is 2.26. The molecule has 0 bridgehead atoms. The van der Waals surface area contributed by atoms with E-state index in [1.807, 2.05) is 20.8 Å². The molecule has 0 heterocycles. The van der Waals surface area contributed by atoms with Gasteiger partial charge < -0.3 is 5.73 Å². The van der Waals surface area contributed by atoms with Gasteiger partial charge in [0.1, 0.15) is 12.0 Å². The van der Waals surface area contributed by atoms with Gasteiger partial charge in [-0.1, -0.05) is 31.5 Å². The van der Waals surface area contributed by atoms with Gasteiger partial charge in [-0.2, -0.15) is 0 Å². The summed E-state index contributed by atoms with van der Waals surface area (Å²) in [6.07, 6.45) is -1.33. The molecule has 2 N–H and O–H groups in total. The lowest BCUT2D eigenvalue weighted by Gasteiger charge is -2.23. The molecule has 0 aromatic heterocycles. The van der Waals surface area contributed by atoms with Crippen LogP contribution in [0.1, 0.15) is 31.1 Å². The molecule has 0 amide bonds. The number of rotatable bonds is 4. The van der Waals surface area contributed by atoms with E-state index in [-0.39, 0.29) is 23.9 Å². The van der Waals surface area contributed by atoms with E-state index < -0.39 is 12.0 Å². The standard InChI is InChI=1S/C13H19F2N/c1-8(2)11(7-16)13(15)10-6-9(3)4-5-12(10)14/h4-6,8,11,13H,7,16H2,1-3H3. The van der Waals surface area contributed by atoms with E-state index in [1.54, 1.807) is 12.1 Å². The molecule has 0 fully saturated rings. The Hall–Kier alpha value is -0.960. The Morgan fingerprint density at radius 1 is 1.31 bits per heavy atom. The van der Waals surface area contributed by atoms with Crippen molar-refractivity contribution in [3.8, 4) is 0 Å². The van der Waals surface area contributed by atoms with Crippen molar-refractivity contribution in [2.24, 2.45) is 17.6 Å². The number of hydrogen-bond acceptors (Lipinski definition) is 1. The molecule has 0 aliphatic heterocycles. The van der Waals surface area contributed by atoms with Crippen LogP contribution in [0.15, 0.2) is 18.2 Å². The highest BCUT2D eigenvalue weighted by Crippen LogP contribution is 2.32. The highest BCUT2D eigenvalue weighted by atomic mass is 19.1. The predicted molar refractivity (Wildman–Crippen MR) is 62.4 cm³/mol. The second-order valence-corrected chi connectivity index (χ2v) is 4.57. The Bertz CT molecular complexity index is 350. The Morgan fingerprint density at radius 3 is 2.44 bits per heavy atom. The number of halogens is 2. The van der Waals surface area contributed by atoms with Gasteiger partial charge in [-0.05, 0) is 25.5 Å². The van der Waals surface area contributed by atoms with Crippen LogP contribution in [0, 0.1) is 24.6 Å². The van der Waals surface area contributed by atoms with E-state index in [0.29, 0.717) is 0 Å². The summed E-state index contributed by atoms with van der Waals surface area (Å²) < 4.78 is 27.7. The molecular formula is C13H19F2N. The van der Waals surface area contributed by atoms with Gasteiger partial charge in [-0.15, -0.1) is 0 Å². The fourth-order valence-electron chi connectivity index (χ4n) is 1.83. The van der Waals surface area contributed by atoms with E-state index in [9.17, 15) is 8.78 Å². The van der Waals surface area contributed by atoms with Crippen LogP contribution in [-0.2, 0) is 0 Å². The van der Waals surface area contributed by atoms with Crippen molar-refractivity contribution in [2.75, 3.05) is 6.54 Å². The van der Waals surface area contributed by atoms with Gasteiger partial charge in [-0.3, -0.25) is 0 Å². The monoisotopic (exact) mass is 227 g/mol. The molecule has 1 rings (SSSR count). The first-order chi connectivity index (χ1) is 7.47. The second kappa shape index (κ2) is 5.39. The first kappa shape index (κ1) is 13.1. The van der Waals surface area contributed by atoms with Gasteiger partial charge in [0.25, 0.3) is 0 Å².